The molecule has 4 N–H and O–H groups in total. The van der Waals surface area contributed by atoms with Gasteiger partial charge in [-0.15, -0.1) is 0 Å². The number of hydrogen-bond acceptors (Lipinski definition) is 12. The Hall–Kier alpha value is -6.56. The summed E-state index contributed by atoms with van der Waals surface area (Å²) in [5.41, 5.74) is 2.03. The molecule has 0 atom stereocenters. The number of unbranched alkanes of at least 4 members (excludes halogenated alkanes) is 18. The lowest BCUT2D eigenvalue weighted by Crippen LogP contribution is -2.10. The van der Waals surface area contributed by atoms with Crippen LogP contribution in [-0.4, -0.2) is 60.6 Å². The number of ether oxygens (including phenoxy) is 4. The van der Waals surface area contributed by atoms with E-state index in [1.165, 1.54) is 127 Å². The largest absolute Gasteiger partial charge is 0.507 e. The van der Waals surface area contributed by atoms with Gasteiger partial charge in [-0.1, -0.05) is 181 Å². The molecule has 0 fully saturated rings. The number of Topliss-reactive ketones (excluding diaryl/α,β-unsaturated/α-hetero) is 2. The van der Waals surface area contributed by atoms with Gasteiger partial charge in [0, 0.05) is 49.1 Å². The SMILES string of the molecule is CCCCCCCCCCCCOc1cc2c(cc1OCC(C)C)N=C/C(C(=O)c1ccccc1O)=C\Nc1cc(OCCCCCCCCCCCC)c(OCC(C)C)cc1N=C/C(C(=O)c1ccccc1O)=C\N2. The van der Waals surface area contributed by atoms with Crippen molar-refractivity contribution < 1.29 is 38.7 Å². The summed E-state index contributed by atoms with van der Waals surface area (Å²) < 4.78 is 25.7. The first-order chi connectivity index (χ1) is 37.0. The van der Waals surface area contributed by atoms with Crippen molar-refractivity contribution in [1.29, 1.82) is 0 Å². The molecule has 0 bridgehead atoms. The molecule has 0 saturated heterocycles. The van der Waals surface area contributed by atoms with E-state index < -0.39 is 11.6 Å². The Balaban J connectivity index is 1.56. The number of nitrogens with zero attached hydrogens (tertiary/aromatic N) is 2. The number of ketones is 2. The summed E-state index contributed by atoms with van der Waals surface area (Å²) in [6.45, 7) is 14.5. The van der Waals surface area contributed by atoms with Crippen LogP contribution in [0.3, 0.4) is 0 Å². The van der Waals surface area contributed by atoms with Crippen LogP contribution in [0.5, 0.6) is 34.5 Å². The number of fused-ring (bicyclic) bond motifs is 2. The Kier molecular flexibility index (Phi) is 27.1. The van der Waals surface area contributed by atoms with E-state index in [2.05, 4.69) is 52.2 Å². The summed E-state index contributed by atoms with van der Waals surface area (Å²) in [5, 5.41) is 28.5. The normalized spacial score (nSPS) is 13.8. The molecule has 0 aromatic heterocycles. The molecule has 412 valence electrons. The average Bonchev–Trinajstić information content (AvgIpc) is 3.41. The van der Waals surface area contributed by atoms with Gasteiger partial charge < -0.3 is 39.8 Å². The van der Waals surface area contributed by atoms with Crippen LogP contribution in [0.15, 0.2) is 106 Å². The molecule has 0 amide bonds. The van der Waals surface area contributed by atoms with Gasteiger partial charge in [-0.2, -0.15) is 0 Å². The Bertz CT molecular complexity index is 2350. The molecule has 0 radical (unpaired) electrons. The van der Waals surface area contributed by atoms with E-state index in [0.717, 1.165) is 38.5 Å². The highest BCUT2D eigenvalue weighted by atomic mass is 16.5. The smallest absolute Gasteiger partial charge is 0.199 e. The average molecular weight is 1040 g/mol. The van der Waals surface area contributed by atoms with Gasteiger partial charge in [-0.25, -0.2) is 0 Å². The predicted octanol–water partition coefficient (Wildman–Crippen LogP) is 17.2. The molecule has 12 heteroatoms. The molecule has 1 heterocycles. The quantitative estimate of drug-likeness (QED) is 0.0262. The lowest BCUT2D eigenvalue weighted by Gasteiger charge is -2.18. The summed E-state index contributed by atoms with van der Waals surface area (Å²) in [4.78, 5) is 38.8. The highest BCUT2D eigenvalue weighted by molar-refractivity contribution is 6.23. The highest BCUT2D eigenvalue weighted by Crippen LogP contribution is 2.41. The molecular weight excluding hydrogens is 953 g/mol. The molecule has 0 saturated carbocycles. The zero-order valence-corrected chi connectivity index (χ0v) is 46.6. The molecule has 4 aromatic rings. The maximum absolute atomic E-state index is 14.5. The minimum atomic E-state index is -0.488. The minimum Gasteiger partial charge on any atom is -0.507 e. The highest BCUT2D eigenvalue weighted by Gasteiger charge is 2.21. The summed E-state index contributed by atoms with van der Waals surface area (Å²) in [7, 11) is 0. The Morgan fingerprint density at radius 1 is 0.461 bits per heavy atom. The fourth-order valence-corrected chi connectivity index (χ4v) is 8.60. The first-order valence-corrected chi connectivity index (χ1v) is 28.5. The second-order valence-corrected chi connectivity index (χ2v) is 20.8. The van der Waals surface area contributed by atoms with Crippen LogP contribution in [0.2, 0.25) is 0 Å². The van der Waals surface area contributed by atoms with Crippen LogP contribution in [-0.2, 0) is 0 Å². The van der Waals surface area contributed by atoms with E-state index in [9.17, 15) is 19.8 Å². The topological polar surface area (TPSA) is 160 Å². The van der Waals surface area contributed by atoms with Crippen LogP contribution >= 0.6 is 0 Å². The molecule has 0 aliphatic carbocycles. The zero-order valence-electron chi connectivity index (χ0n) is 46.6. The van der Waals surface area contributed by atoms with Crippen molar-refractivity contribution in [3.63, 3.8) is 0 Å². The Morgan fingerprint density at radius 3 is 1.13 bits per heavy atom. The molecule has 1 aliphatic rings. The lowest BCUT2D eigenvalue weighted by molar-refractivity contribution is 0.103. The number of hydrogen-bond donors (Lipinski definition) is 4. The summed E-state index contributed by atoms with van der Waals surface area (Å²) >= 11 is 0. The molecule has 12 nitrogen and oxygen atoms in total. The molecule has 0 spiro atoms. The summed E-state index contributed by atoms with van der Waals surface area (Å²) in [6, 6.07) is 19.9. The number of benzene rings is 4. The third-order valence-electron chi connectivity index (χ3n) is 13.1. The number of allylic oxidation sites excluding steroid dienone is 2. The van der Waals surface area contributed by atoms with E-state index in [1.54, 1.807) is 60.7 Å². The van der Waals surface area contributed by atoms with Crippen molar-refractivity contribution in [3.05, 3.63) is 107 Å². The van der Waals surface area contributed by atoms with Gasteiger partial charge in [0.2, 0.25) is 0 Å². The van der Waals surface area contributed by atoms with Crippen molar-refractivity contribution in [3.8, 4) is 34.5 Å². The summed E-state index contributed by atoms with van der Waals surface area (Å²) in [5.74, 6) is 1.01. The first kappa shape index (κ1) is 60.3. The number of phenols is 2. The van der Waals surface area contributed by atoms with Crippen molar-refractivity contribution in [2.24, 2.45) is 21.8 Å². The predicted molar refractivity (Wildman–Crippen MR) is 313 cm³/mol. The lowest BCUT2D eigenvalue weighted by atomic mass is 10.0. The fraction of sp³-hybridized carbons (Fsp3) is 0.500. The maximum Gasteiger partial charge on any atom is 0.199 e. The minimum absolute atomic E-state index is 0.0876. The van der Waals surface area contributed by atoms with Gasteiger partial charge in [0.1, 0.15) is 11.5 Å². The van der Waals surface area contributed by atoms with Crippen molar-refractivity contribution in [2.75, 3.05) is 37.1 Å². The molecule has 1 aliphatic heterocycles. The molecule has 5 rings (SSSR count). The fourth-order valence-electron chi connectivity index (χ4n) is 8.60. The summed E-state index contributed by atoms with van der Waals surface area (Å²) in [6.07, 6.45) is 29.9. The number of aliphatic imine (C=N–C) groups is 2. The van der Waals surface area contributed by atoms with Gasteiger partial charge in [0.05, 0.1) is 71.5 Å². The number of phenolic OH excluding ortho intramolecular Hbond substituents is 2. The molecular formula is C64H88N4O8. The standard InChI is InChI=1S/C64H88N4O8/c1-7-9-11-13-15-17-19-21-23-29-35-73-59-37-53-55(39-61(59)75-45-47(3)4)67-43-50(64(72)52-32-26-28-34-58(52)70)42-66-54-38-60(74-36-30-24-22-20-18-16-14-12-10-8-2)62(76-46-48(5)6)40-56(54)68-44-49(41-65-53)63(71)51-31-25-27-33-57(51)69/h25-28,31-34,37-44,47-48,65-66,69-70H,7-24,29-30,35-36,45-46H2,1-6H3/b49-41+,50-42+,67-43?,68-44?. The second kappa shape index (κ2) is 34.2. The molecule has 76 heavy (non-hydrogen) atoms. The molecule has 4 aromatic carbocycles. The number of carbonyl (C=O) groups excluding carboxylic acids is 2. The van der Waals surface area contributed by atoms with E-state index in [-0.39, 0.29) is 45.6 Å². The van der Waals surface area contributed by atoms with Crippen LogP contribution in [0.25, 0.3) is 0 Å². The van der Waals surface area contributed by atoms with Crippen LogP contribution in [0.1, 0.15) is 191 Å². The third kappa shape index (κ3) is 20.9. The van der Waals surface area contributed by atoms with Crippen LogP contribution in [0, 0.1) is 11.8 Å². The van der Waals surface area contributed by atoms with Gasteiger partial charge in [-0.05, 0) is 48.9 Å². The second-order valence-electron chi connectivity index (χ2n) is 20.8. The van der Waals surface area contributed by atoms with Crippen molar-refractivity contribution >= 4 is 46.7 Å². The van der Waals surface area contributed by atoms with E-state index in [1.807, 2.05) is 0 Å². The van der Waals surface area contributed by atoms with E-state index in [0.29, 0.717) is 72.2 Å². The number of aromatic hydroxyl groups is 2. The van der Waals surface area contributed by atoms with Crippen LogP contribution in [0.4, 0.5) is 22.7 Å². The zero-order chi connectivity index (χ0) is 54.3. The Labute approximate surface area is 454 Å². The van der Waals surface area contributed by atoms with Gasteiger partial charge in [-0.3, -0.25) is 19.6 Å². The Morgan fingerprint density at radius 2 is 0.789 bits per heavy atom. The van der Waals surface area contributed by atoms with Crippen molar-refractivity contribution in [1.82, 2.24) is 0 Å². The van der Waals surface area contributed by atoms with Gasteiger partial charge >= 0.3 is 0 Å². The number of rotatable bonds is 34. The number of para-hydroxylation sites is 2. The maximum atomic E-state index is 14.5. The monoisotopic (exact) mass is 1040 g/mol. The number of anilines is 2. The van der Waals surface area contributed by atoms with Gasteiger partial charge in [0.15, 0.2) is 34.6 Å². The number of nitrogens with one attached hydrogen (secondary N) is 2. The number of carbonyl (C=O) groups is 2. The molecule has 0 unspecified atom stereocenters. The third-order valence-corrected chi connectivity index (χ3v) is 13.1. The van der Waals surface area contributed by atoms with Crippen LogP contribution < -0.4 is 29.6 Å². The van der Waals surface area contributed by atoms with Gasteiger partial charge in [0.25, 0.3) is 0 Å². The first-order valence-electron chi connectivity index (χ1n) is 28.5. The van der Waals surface area contributed by atoms with E-state index >= 15 is 0 Å². The van der Waals surface area contributed by atoms with E-state index in [4.69, 9.17) is 28.9 Å². The van der Waals surface area contributed by atoms with Crippen molar-refractivity contribution in [2.45, 2.75) is 170 Å².